The Kier molecular flexibility index (Phi) is 2.11. The first-order valence-electron chi connectivity index (χ1n) is 2.80. The van der Waals surface area contributed by atoms with Crippen LogP contribution < -0.4 is 0 Å². The van der Waals surface area contributed by atoms with E-state index in [1.165, 1.54) is 0 Å². The first-order chi connectivity index (χ1) is 3.80. The molecule has 0 aliphatic heterocycles. The number of hydrogen-bond donors (Lipinski definition) is 0. The molecule has 0 heterocycles. The van der Waals surface area contributed by atoms with Gasteiger partial charge in [-0.2, -0.15) is 0 Å². The molecule has 0 aromatic carbocycles. The molecule has 1 aliphatic rings. The van der Waals surface area contributed by atoms with Gasteiger partial charge in [0.25, 0.3) is 0 Å². The van der Waals surface area contributed by atoms with Crippen LogP contribution in [0.5, 0.6) is 0 Å². The van der Waals surface area contributed by atoms with Crippen molar-refractivity contribution in [2.75, 3.05) is 0 Å². The van der Waals surface area contributed by atoms with Crippen LogP contribution in [0.1, 0.15) is 6.92 Å². The average Bonchev–Trinajstić information content (AvgIpc) is 1.77. The van der Waals surface area contributed by atoms with Crippen LogP contribution in [0, 0.1) is 5.92 Å². The van der Waals surface area contributed by atoms with Crippen LogP contribution in [0.2, 0.25) is 0 Å². The first kappa shape index (κ1) is 6.33. The van der Waals surface area contributed by atoms with Gasteiger partial charge in [0.1, 0.15) is 0 Å². The van der Waals surface area contributed by atoms with Crippen LogP contribution in [0.25, 0.3) is 0 Å². The summed E-state index contributed by atoms with van der Waals surface area (Å²) in [5.41, 5.74) is 0. The second-order valence-electron chi connectivity index (χ2n) is 2.07. The van der Waals surface area contributed by atoms with Gasteiger partial charge in [0.15, 0.2) is 0 Å². The molecule has 0 saturated heterocycles. The minimum absolute atomic E-state index is 0.706. The van der Waals surface area contributed by atoms with Crippen LogP contribution in [0.15, 0.2) is 24.3 Å². The van der Waals surface area contributed by atoms with Crippen molar-refractivity contribution < 1.29 is 0 Å². The Bertz CT molecular complexity index is 108. The van der Waals surface area contributed by atoms with E-state index in [-0.39, 0.29) is 0 Å². The molecule has 1 heteroatoms. The molecule has 0 saturated carbocycles. The quantitative estimate of drug-likeness (QED) is 0.434. The maximum Gasteiger partial charge on any atom is 0.0352 e. The lowest BCUT2D eigenvalue weighted by atomic mass is 10.0. The van der Waals surface area contributed by atoms with Gasteiger partial charge in [-0.25, -0.2) is 0 Å². The van der Waals surface area contributed by atoms with Crippen molar-refractivity contribution in [1.29, 1.82) is 0 Å². The van der Waals surface area contributed by atoms with Gasteiger partial charge in [-0.15, -0.1) is 0 Å². The molecule has 0 bridgehead atoms. The molecule has 0 aromatic rings. The Hall–Kier alpha value is 0.210. The molecule has 1 unspecified atom stereocenters. The van der Waals surface area contributed by atoms with Crippen molar-refractivity contribution in [3.8, 4) is 0 Å². The zero-order valence-corrected chi connectivity index (χ0v) is 7.00. The Morgan fingerprint density at radius 3 is 2.25 bits per heavy atom. The third-order valence-corrected chi connectivity index (χ3v) is 2.87. The highest BCUT2D eigenvalue weighted by atomic mass is 127. The molecule has 0 nitrogen and oxygen atoms in total. The highest BCUT2D eigenvalue weighted by molar-refractivity contribution is 14.1. The van der Waals surface area contributed by atoms with Crippen molar-refractivity contribution in [1.82, 2.24) is 0 Å². The van der Waals surface area contributed by atoms with E-state index in [4.69, 9.17) is 0 Å². The van der Waals surface area contributed by atoms with E-state index in [2.05, 4.69) is 53.8 Å². The SMILES string of the molecule is CC1C=CC=C[C@H]1I. The predicted octanol–water partition coefficient (Wildman–Crippen LogP) is 2.55. The Labute approximate surface area is 63.8 Å². The van der Waals surface area contributed by atoms with Crippen molar-refractivity contribution in [3.63, 3.8) is 0 Å². The van der Waals surface area contributed by atoms with Gasteiger partial charge in [-0.1, -0.05) is 53.8 Å². The third-order valence-electron chi connectivity index (χ3n) is 1.32. The molecule has 0 radical (unpaired) electrons. The summed E-state index contributed by atoms with van der Waals surface area (Å²) in [6, 6.07) is 0. The van der Waals surface area contributed by atoms with E-state index in [0.717, 1.165) is 5.92 Å². The second-order valence-corrected chi connectivity index (χ2v) is 3.51. The Balaban J connectivity index is 2.59. The van der Waals surface area contributed by atoms with Crippen LogP contribution in [0.3, 0.4) is 0 Å². The fourth-order valence-corrected chi connectivity index (χ4v) is 1.17. The summed E-state index contributed by atoms with van der Waals surface area (Å²) in [6.07, 6.45) is 8.68. The molecule has 0 amide bonds. The highest BCUT2D eigenvalue weighted by Gasteiger charge is 2.07. The fraction of sp³-hybridized carbons (Fsp3) is 0.429. The van der Waals surface area contributed by atoms with E-state index in [1.807, 2.05) is 0 Å². The van der Waals surface area contributed by atoms with Crippen molar-refractivity contribution in [3.05, 3.63) is 24.3 Å². The minimum atomic E-state index is 0.706. The molecule has 0 spiro atoms. The standard InChI is InChI=1S/C7H9I/c1-6-4-2-3-5-7(6)8/h2-7H,1H3/t6?,7-/m1/s1. The van der Waals surface area contributed by atoms with Crippen molar-refractivity contribution in [2.24, 2.45) is 5.92 Å². The summed E-state index contributed by atoms with van der Waals surface area (Å²) in [7, 11) is 0. The summed E-state index contributed by atoms with van der Waals surface area (Å²) in [4.78, 5) is 0. The summed E-state index contributed by atoms with van der Waals surface area (Å²) in [5.74, 6) is 0.723. The molecule has 0 N–H and O–H groups in total. The van der Waals surface area contributed by atoms with E-state index < -0.39 is 0 Å². The zero-order valence-electron chi connectivity index (χ0n) is 4.84. The summed E-state index contributed by atoms with van der Waals surface area (Å²) in [6.45, 7) is 2.23. The largest absolute Gasteiger partial charge is 0.0803 e. The number of hydrogen-bond acceptors (Lipinski definition) is 0. The molecule has 2 atom stereocenters. The van der Waals surface area contributed by atoms with Crippen LogP contribution in [0.4, 0.5) is 0 Å². The summed E-state index contributed by atoms with van der Waals surface area (Å²) in [5, 5.41) is 0. The second kappa shape index (κ2) is 2.67. The van der Waals surface area contributed by atoms with E-state index in [0.29, 0.717) is 3.92 Å². The molecule has 44 valence electrons. The molecule has 1 aliphatic carbocycles. The lowest BCUT2D eigenvalue weighted by Crippen LogP contribution is -2.06. The van der Waals surface area contributed by atoms with Gasteiger partial charge in [0.2, 0.25) is 0 Å². The molecule has 0 aromatic heterocycles. The smallest absolute Gasteiger partial charge is 0.0352 e. The number of halogens is 1. The highest BCUT2D eigenvalue weighted by Crippen LogP contribution is 2.18. The lowest BCUT2D eigenvalue weighted by molar-refractivity contribution is 0.773. The van der Waals surface area contributed by atoms with Crippen molar-refractivity contribution in [2.45, 2.75) is 10.8 Å². The number of alkyl halides is 1. The summed E-state index contributed by atoms with van der Waals surface area (Å²) >= 11 is 2.44. The first-order valence-corrected chi connectivity index (χ1v) is 4.04. The lowest BCUT2D eigenvalue weighted by Gasteiger charge is -2.11. The maximum absolute atomic E-state index is 2.44. The van der Waals surface area contributed by atoms with Crippen LogP contribution >= 0.6 is 22.6 Å². The van der Waals surface area contributed by atoms with Gasteiger partial charge in [0, 0.05) is 3.92 Å². The Morgan fingerprint density at radius 2 is 1.88 bits per heavy atom. The third kappa shape index (κ3) is 1.34. The normalized spacial score (nSPS) is 35.8. The van der Waals surface area contributed by atoms with E-state index >= 15 is 0 Å². The van der Waals surface area contributed by atoms with Crippen molar-refractivity contribution >= 4 is 22.6 Å². The minimum Gasteiger partial charge on any atom is -0.0803 e. The molecular weight excluding hydrogens is 211 g/mol. The molecule has 1 rings (SSSR count). The number of allylic oxidation sites excluding steroid dienone is 4. The van der Waals surface area contributed by atoms with Crippen LogP contribution in [-0.2, 0) is 0 Å². The zero-order chi connectivity index (χ0) is 5.98. The van der Waals surface area contributed by atoms with Crippen LogP contribution in [-0.4, -0.2) is 3.92 Å². The maximum atomic E-state index is 2.44. The number of rotatable bonds is 0. The monoisotopic (exact) mass is 220 g/mol. The van der Waals surface area contributed by atoms with E-state index in [9.17, 15) is 0 Å². The van der Waals surface area contributed by atoms with Gasteiger partial charge in [0.05, 0.1) is 0 Å². The molecule has 0 fully saturated rings. The Morgan fingerprint density at radius 1 is 1.25 bits per heavy atom. The average molecular weight is 220 g/mol. The molecular formula is C7H9I. The van der Waals surface area contributed by atoms with E-state index in [1.54, 1.807) is 0 Å². The van der Waals surface area contributed by atoms with Gasteiger partial charge in [-0.3, -0.25) is 0 Å². The van der Waals surface area contributed by atoms with Gasteiger partial charge >= 0.3 is 0 Å². The topological polar surface area (TPSA) is 0 Å². The summed E-state index contributed by atoms with van der Waals surface area (Å²) < 4.78 is 0.706. The molecule has 8 heavy (non-hydrogen) atoms. The fourth-order valence-electron chi connectivity index (χ4n) is 0.691. The van der Waals surface area contributed by atoms with Gasteiger partial charge < -0.3 is 0 Å². The predicted molar refractivity (Wildman–Crippen MR) is 45.3 cm³/mol. The van der Waals surface area contributed by atoms with Gasteiger partial charge in [-0.05, 0) is 5.92 Å².